The Morgan fingerprint density at radius 3 is 2.52 bits per heavy atom. The van der Waals surface area contributed by atoms with Gasteiger partial charge in [-0.2, -0.15) is 0 Å². The lowest BCUT2D eigenvalue weighted by Crippen LogP contribution is -2.46. The molecule has 1 aromatic carbocycles. The molecule has 0 aromatic heterocycles. The first-order valence-electron chi connectivity index (χ1n) is 10.1. The van der Waals surface area contributed by atoms with Gasteiger partial charge in [-0.25, -0.2) is 4.79 Å². The summed E-state index contributed by atoms with van der Waals surface area (Å²) in [5, 5.41) is 18.7. The molecule has 8 heteroatoms. The van der Waals surface area contributed by atoms with E-state index < -0.39 is 12.0 Å². The van der Waals surface area contributed by atoms with Gasteiger partial charge in [-0.3, -0.25) is 9.59 Å². The second kappa shape index (κ2) is 11.2. The first kappa shape index (κ1) is 23.2. The number of nitrogens with one attached hydrogen (secondary N) is 3. The van der Waals surface area contributed by atoms with Crippen molar-refractivity contribution in [1.29, 1.82) is 0 Å². The number of hydrogen-bond acceptors (Lipinski definition) is 4. The Labute approximate surface area is 176 Å². The Balaban J connectivity index is 2.05. The number of carbonyl (C=O) groups is 3. The molecule has 2 amide bonds. The molecule has 2 rings (SSSR count). The van der Waals surface area contributed by atoms with E-state index >= 15 is 0 Å². The van der Waals surface area contributed by atoms with Gasteiger partial charge in [0.25, 0.3) is 0 Å². The Bertz CT molecular complexity index is 704. The summed E-state index contributed by atoms with van der Waals surface area (Å²) in [6.07, 6.45) is 2.48. The van der Waals surface area contributed by atoms with Crippen LogP contribution in [0.5, 0.6) is 0 Å². The minimum Gasteiger partial charge on any atom is -0.480 e. The number of hydrogen-bond donors (Lipinski definition) is 4. The molecule has 29 heavy (non-hydrogen) atoms. The summed E-state index contributed by atoms with van der Waals surface area (Å²) in [7, 11) is 0. The molecule has 0 spiro atoms. The highest BCUT2D eigenvalue weighted by Crippen LogP contribution is 2.22. The highest BCUT2D eigenvalue weighted by Gasteiger charge is 2.28. The minimum absolute atomic E-state index is 0.0697. The average Bonchev–Trinajstić information content (AvgIpc) is 3.24. The molecule has 4 N–H and O–H groups in total. The van der Waals surface area contributed by atoms with E-state index in [2.05, 4.69) is 16.0 Å². The van der Waals surface area contributed by atoms with Crippen molar-refractivity contribution in [3.63, 3.8) is 0 Å². The van der Waals surface area contributed by atoms with Crippen molar-refractivity contribution < 1.29 is 19.5 Å². The van der Waals surface area contributed by atoms with E-state index in [1.54, 1.807) is 19.1 Å². The molecule has 1 fully saturated rings. The quantitative estimate of drug-likeness (QED) is 0.462. The molecule has 4 atom stereocenters. The second-order valence-electron chi connectivity index (χ2n) is 7.62. The van der Waals surface area contributed by atoms with E-state index in [1.165, 1.54) is 0 Å². The third-order valence-corrected chi connectivity index (χ3v) is 5.72. The van der Waals surface area contributed by atoms with Crippen LogP contribution in [0.25, 0.3) is 0 Å². The summed E-state index contributed by atoms with van der Waals surface area (Å²) >= 11 is 5.97. The maximum atomic E-state index is 12.6. The second-order valence-corrected chi connectivity index (χ2v) is 8.05. The molecule has 1 saturated heterocycles. The molecule has 0 saturated carbocycles. The monoisotopic (exact) mass is 423 g/mol. The van der Waals surface area contributed by atoms with Crippen molar-refractivity contribution in [1.82, 2.24) is 16.0 Å². The predicted molar refractivity (Wildman–Crippen MR) is 112 cm³/mol. The molecule has 1 aliphatic heterocycles. The SMILES string of the molecule is CCC(C)[C@H](NC(=O)C[C@@H](CNC(=O)[C@@H]1CCCN1)c1ccc(Cl)cc1)C(=O)O. The molecule has 7 nitrogen and oxygen atoms in total. The third-order valence-electron chi connectivity index (χ3n) is 5.47. The van der Waals surface area contributed by atoms with Gasteiger partial charge in [0, 0.05) is 23.9 Å². The lowest BCUT2D eigenvalue weighted by atomic mass is 9.94. The van der Waals surface area contributed by atoms with E-state index in [9.17, 15) is 19.5 Å². The van der Waals surface area contributed by atoms with Gasteiger partial charge in [-0.15, -0.1) is 0 Å². The molecule has 1 heterocycles. The largest absolute Gasteiger partial charge is 0.480 e. The van der Waals surface area contributed by atoms with E-state index in [-0.39, 0.29) is 42.7 Å². The lowest BCUT2D eigenvalue weighted by molar-refractivity contribution is -0.143. The van der Waals surface area contributed by atoms with Crippen molar-refractivity contribution in [2.24, 2.45) is 5.92 Å². The number of carboxylic acid groups (broad SMARTS) is 1. The number of aliphatic carboxylic acids is 1. The highest BCUT2D eigenvalue weighted by molar-refractivity contribution is 6.30. The van der Waals surface area contributed by atoms with Crippen LogP contribution in [0.4, 0.5) is 0 Å². The summed E-state index contributed by atoms with van der Waals surface area (Å²) in [4.78, 5) is 36.4. The van der Waals surface area contributed by atoms with E-state index in [4.69, 9.17) is 11.6 Å². The average molecular weight is 424 g/mol. The van der Waals surface area contributed by atoms with Crippen LogP contribution in [0.15, 0.2) is 24.3 Å². The molecule has 0 aliphatic carbocycles. The number of rotatable bonds is 10. The summed E-state index contributed by atoms with van der Waals surface area (Å²) < 4.78 is 0. The predicted octanol–water partition coefficient (Wildman–Crippen LogP) is 2.30. The fourth-order valence-electron chi connectivity index (χ4n) is 3.44. The standard InChI is InChI=1S/C21H30ClN3O4/c1-3-13(2)19(21(28)29)25-18(26)11-15(14-6-8-16(22)9-7-14)12-24-20(27)17-5-4-10-23-17/h6-9,13,15,17,19,23H,3-5,10-12H2,1-2H3,(H,24,27)(H,25,26)(H,28,29)/t13?,15-,17-,19-/m0/s1. The number of carboxylic acids is 1. The maximum absolute atomic E-state index is 12.6. The first-order valence-corrected chi connectivity index (χ1v) is 10.5. The minimum atomic E-state index is -1.05. The zero-order valence-electron chi connectivity index (χ0n) is 16.9. The fourth-order valence-corrected chi connectivity index (χ4v) is 3.56. The van der Waals surface area contributed by atoms with E-state index in [1.807, 2.05) is 19.1 Å². The van der Waals surface area contributed by atoms with Crippen molar-refractivity contribution >= 4 is 29.4 Å². The van der Waals surface area contributed by atoms with Gasteiger partial charge in [0.1, 0.15) is 6.04 Å². The van der Waals surface area contributed by atoms with Gasteiger partial charge in [0.15, 0.2) is 0 Å². The number of carbonyl (C=O) groups excluding carboxylic acids is 2. The molecule has 0 bridgehead atoms. The van der Waals surface area contributed by atoms with Gasteiger partial charge in [0.2, 0.25) is 11.8 Å². The zero-order chi connectivity index (χ0) is 21.4. The molecular weight excluding hydrogens is 394 g/mol. The maximum Gasteiger partial charge on any atom is 0.326 e. The van der Waals surface area contributed by atoms with Gasteiger partial charge in [0.05, 0.1) is 6.04 Å². The first-order chi connectivity index (χ1) is 13.8. The van der Waals surface area contributed by atoms with Crippen LogP contribution in [-0.4, -0.2) is 48.1 Å². The van der Waals surface area contributed by atoms with Gasteiger partial charge >= 0.3 is 5.97 Å². The van der Waals surface area contributed by atoms with Gasteiger partial charge in [-0.1, -0.05) is 44.0 Å². The lowest BCUT2D eigenvalue weighted by Gasteiger charge is -2.23. The summed E-state index contributed by atoms with van der Waals surface area (Å²) in [6.45, 7) is 4.79. The van der Waals surface area contributed by atoms with Crippen LogP contribution >= 0.6 is 11.6 Å². The number of halogens is 1. The molecule has 1 aromatic rings. The molecular formula is C21H30ClN3O4. The normalized spacial score (nSPS) is 19.2. The van der Waals surface area contributed by atoms with Gasteiger partial charge in [-0.05, 0) is 43.0 Å². The van der Waals surface area contributed by atoms with Crippen LogP contribution in [-0.2, 0) is 14.4 Å². The van der Waals surface area contributed by atoms with Crippen molar-refractivity contribution in [3.05, 3.63) is 34.9 Å². The fraction of sp³-hybridized carbons (Fsp3) is 0.571. The topological polar surface area (TPSA) is 108 Å². The molecule has 0 radical (unpaired) electrons. The van der Waals surface area contributed by atoms with E-state index in [0.717, 1.165) is 24.9 Å². The van der Waals surface area contributed by atoms with Crippen LogP contribution in [0.3, 0.4) is 0 Å². The van der Waals surface area contributed by atoms with Gasteiger partial charge < -0.3 is 21.1 Å². The molecule has 1 unspecified atom stereocenters. The molecule has 1 aliphatic rings. The third kappa shape index (κ3) is 7.01. The summed E-state index contributed by atoms with van der Waals surface area (Å²) in [5.74, 6) is -1.95. The number of benzene rings is 1. The Morgan fingerprint density at radius 1 is 1.28 bits per heavy atom. The van der Waals surface area contributed by atoms with Crippen LogP contribution < -0.4 is 16.0 Å². The smallest absolute Gasteiger partial charge is 0.326 e. The highest BCUT2D eigenvalue weighted by atomic mass is 35.5. The van der Waals surface area contributed by atoms with Crippen molar-refractivity contribution in [2.45, 2.75) is 57.5 Å². The van der Waals surface area contributed by atoms with Crippen LogP contribution in [0.1, 0.15) is 51.0 Å². The van der Waals surface area contributed by atoms with Crippen LogP contribution in [0, 0.1) is 5.92 Å². The van der Waals surface area contributed by atoms with Crippen molar-refractivity contribution in [3.8, 4) is 0 Å². The number of amides is 2. The Kier molecular flexibility index (Phi) is 8.92. The summed E-state index contributed by atoms with van der Waals surface area (Å²) in [5.41, 5.74) is 0.861. The van der Waals surface area contributed by atoms with Crippen LogP contribution in [0.2, 0.25) is 5.02 Å². The zero-order valence-corrected chi connectivity index (χ0v) is 17.7. The Morgan fingerprint density at radius 2 is 1.97 bits per heavy atom. The molecule has 160 valence electrons. The Hall–Kier alpha value is -2.12. The van der Waals surface area contributed by atoms with Crippen molar-refractivity contribution in [2.75, 3.05) is 13.1 Å². The summed E-state index contributed by atoms with van der Waals surface area (Å²) in [6, 6.07) is 5.99. The van der Waals surface area contributed by atoms with E-state index in [0.29, 0.717) is 11.4 Å².